The third-order valence-corrected chi connectivity index (χ3v) is 2.78. The molecule has 1 aromatic heterocycles. The number of hydrogen-bond acceptors (Lipinski definition) is 4. The van der Waals surface area contributed by atoms with Crippen molar-refractivity contribution in [2.75, 3.05) is 13.1 Å². The molecule has 0 aliphatic carbocycles. The van der Waals surface area contributed by atoms with Crippen molar-refractivity contribution in [1.29, 1.82) is 0 Å². The molecule has 1 aromatic rings. The highest BCUT2D eigenvalue weighted by Gasteiger charge is 2.10. The largest absolute Gasteiger partial charge is 0.481 e. The smallest absolute Gasteiger partial charge is 0.303 e. The van der Waals surface area contributed by atoms with E-state index in [0.717, 1.165) is 0 Å². The van der Waals surface area contributed by atoms with E-state index in [2.05, 4.69) is 10.6 Å². The molecule has 1 rings (SSSR count). The van der Waals surface area contributed by atoms with Gasteiger partial charge in [0, 0.05) is 25.9 Å². The van der Waals surface area contributed by atoms with E-state index >= 15 is 0 Å². The van der Waals surface area contributed by atoms with Crippen molar-refractivity contribution in [1.82, 2.24) is 10.6 Å². The van der Waals surface area contributed by atoms with Gasteiger partial charge >= 0.3 is 5.97 Å². The van der Waals surface area contributed by atoms with Crippen LogP contribution in [-0.2, 0) is 9.59 Å². The average molecular weight is 296 g/mol. The highest BCUT2D eigenvalue weighted by atomic mass is 16.4. The standard InChI is InChI=1S/C14H20N2O5/c1-10(8-13(18)19)9-16-12(17)5-2-6-15-14(20)11-4-3-7-21-11/h3-4,7,10H,2,5-6,8-9H2,1H3,(H,15,20)(H,16,17)(H,18,19). The number of carboxylic acid groups (broad SMARTS) is 1. The van der Waals surface area contributed by atoms with Crippen LogP contribution in [0.1, 0.15) is 36.7 Å². The first-order valence-corrected chi connectivity index (χ1v) is 6.79. The van der Waals surface area contributed by atoms with Gasteiger partial charge in [-0.05, 0) is 24.5 Å². The predicted molar refractivity (Wildman–Crippen MR) is 74.7 cm³/mol. The van der Waals surface area contributed by atoms with Gasteiger partial charge in [-0.3, -0.25) is 14.4 Å². The van der Waals surface area contributed by atoms with Crippen LogP contribution >= 0.6 is 0 Å². The van der Waals surface area contributed by atoms with Crippen LogP contribution in [0, 0.1) is 5.92 Å². The molecule has 0 aromatic carbocycles. The van der Waals surface area contributed by atoms with Crippen molar-refractivity contribution in [3.05, 3.63) is 24.2 Å². The molecule has 0 radical (unpaired) electrons. The van der Waals surface area contributed by atoms with E-state index in [9.17, 15) is 14.4 Å². The summed E-state index contributed by atoms with van der Waals surface area (Å²) in [6.45, 7) is 2.47. The highest BCUT2D eigenvalue weighted by Crippen LogP contribution is 2.01. The molecular formula is C14H20N2O5. The van der Waals surface area contributed by atoms with Gasteiger partial charge in [-0.25, -0.2) is 0 Å². The van der Waals surface area contributed by atoms with Crippen molar-refractivity contribution >= 4 is 17.8 Å². The molecule has 3 N–H and O–H groups in total. The van der Waals surface area contributed by atoms with E-state index in [4.69, 9.17) is 9.52 Å². The van der Waals surface area contributed by atoms with Gasteiger partial charge in [0.25, 0.3) is 5.91 Å². The number of amides is 2. The van der Waals surface area contributed by atoms with Gasteiger partial charge in [0.15, 0.2) is 5.76 Å². The molecule has 7 heteroatoms. The Hall–Kier alpha value is -2.31. The topological polar surface area (TPSA) is 109 Å². The Morgan fingerprint density at radius 3 is 2.71 bits per heavy atom. The fraction of sp³-hybridized carbons (Fsp3) is 0.500. The third-order valence-electron chi connectivity index (χ3n) is 2.78. The Labute approximate surface area is 122 Å². The molecule has 21 heavy (non-hydrogen) atoms. The lowest BCUT2D eigenvalue weighted by Gasteiger charge is -2.10. The monoisotopic (exact) mass is 296 g/mol. The second-order valence-corrected chi connectivity index (χ2v) is 4.84. The van der Waals surface area contributed by atoms with Gasteiger partial charge in [0.1, 0.15) is 0 Å². The first-order valence-electron chi connectivity index (χ1n) is 6.79. The van der Waals surface area contributed by atoms with E-state index in [1.165, 1.54) is 6.26 Å². The van der Waals surface area contributed by atoms with E-state index < -0.39 is 5.97 Å². The minimum absolute atomic E-state index is 0.0273. The molecule has 0 spiro atoms. The van der Waals surface area contributed by atoms with Crippen molar-refractivity contribution in [2.45, 2.75) is 26.2 Å². The fourth-order valence-electron chi connectivity index (χ4n) is 1.69. The van der Waals surface area contributed by atoms with Crippen LogP contribution < -0.4 is 10.6 Å². The Balaban J connectivity index is 2.08. The minimum atomic E-state index is -0.877. The summed E-state index contributed by atoms with van der Waals surface area (Å²) in [7, 11) is 0. The number of hydrogen-bond donors (Lipinski definition) is 3. The molecule has 1 atom stereocenters. The van der Waals surface area contributed by atoms with E-state index in [1.807, 2.05) is 0 Å². The maximum atomic E-state index is 11.5. The third kappa shape index (κ3) is 7.14. The van der Waals surface area contributed by atoms with Crippen LogP contribution in [0.3, 0.4) is 0 Å². The molecule has 116 valence electrons. The average Bonchev–Trinajstić information content (AvgIpc) is 2.94. The predicted octanol–water partition coefficient (Wildman–Crippen LogP) is 1.02. The summed E-state index contributed by atoms with van der Waals surface area (Å²) in [6.07, 6.45) is 2.23. The van der Waals surface area contributed by atoms with Crippen LogP contribution in [0.2, 0.25) is 0 Å². The number of aliphatic carboxylic acids is 1. The van der Waals surface area contributed by atoms with Crippen LogP contribution in [0.5, 0.6) is 0 Å². The molecule has 2 amide bonds. The number of rotatable bonds is 9. The Morgan fingerprint density at radius 1 is 1.33 bits per heavy atom. The summed E-state index contributed by atoms with van der Waals surface area (Å²) < 4.78 is 4.93. The molecule has 0 saturated heterocycles. The van der Waals surface area contributed by atoms with Gasteiger partial charge in [0.05, 0.1) is 6.26 Å². The lowest BCUT2D eigenvalue weighted by molar-refractivity contribution is -0.138. The summed E-state index contributed by atoms with van der Waals surface area (Å²) in [6, 6.07) is 3.19. The van der Waals surface area contributed by atoms with E-state index in [-0.39, 0.29) is 36.3 Å². The number of furan rings is 1. The van der Waals surface area contributed by atoms with Gasteiger partial charge < -0.3 is 20.2 Å². The van der Waals surface area contributed by atoms with E-state index in [0.29, 0.717) is 19.5 Å². The van der Waals surface area contributed by atoms with Crippen LogP contribution in [0.25, 0.3) is 0 Å². The zero-order valence-electron chi connectivity index (χ0n) is 11.9. The molecule has 0 saturated carbocycles. The molecule has 0 aliphatic rings. The molecular weight excluding hydrogens is 276 g/mol. The van der Waals surface area contributed by atoms with Gasteiger partial charge in [0.2, 0.25) is 5.91 Å². The molecule has 0 aliphatic heterocycles. The molecule has 7 nitrogen and oxygen atoms in total. The van der Waals surface area contributed by atoms with Crippen molar-refractivity contribution in [3.8, 4) is 0 Å². The van der Waals surface area contributed by atoms with Crippen LogP contribution in [0.15, 0.2) is 22.8 Å². The molecule has 1 heterocycles. The zero-order chi connectivity index (χ0) is 15.7. The molecule has 0 bridgehead atoms. The molecule has 0 fully saturated rings. The summed E-state index contributed by atoms with van der Waals surface area (Å²) in [5.74, 6) is -1.21. The normalized spacial score (nSPS) is 11.7. The molecule has 1 unspecified atom stereocenters. The van der Waals surface area contributed by atoms with Crippen molar-refractivity contribution in [2.24, 2.45) is 5.92 Å². The van der Waals surface area contributed by atoms with Gasteiger partial charge in [-0.15, -0.1) is 0 Å². The first kappa shape index (κ1) is 16.7. The van der Waals surface area contributed by atoms with Crippen LogP contribution in [0.4, 0.5) is 0 Å². The Kier molecular flexibility index (Phi) is 7.00. The van der Waals surface area contributed by atoms with Crippen molar-refractivity contribution < 1.29 is 23.9 Å². The van der Waals surface area contributed by atoms with E-state index in [1.54, 1.807) is 19.1 Å². The zero-order valence-corrected chi connectivity index (χ0v) is 11.9. The maximum Gasteiger partial charge on any atom is 0.303 e. The second-order valence-electron chi connectivity index (χ2n) is 4.84. The number of carbonyl (C=O) groups is 3. The second kappa shape index (κ2) is 8.78. The lowest BCUT2D eigenvalue weighted by atomic mass is 10.1. The Morgan fingerprint density at radius 2 is 2.10 bits per heavy atom. The SMILES string of the molecule is CC(CNC(=O)CCCNC(=O)c1ccco1)CC(=O)O. The lowest BCUT2D eigenvalue weighted by Crippen LogP contribution is -2.30. The summed E-state index contributed by atoms with van der Waals surface area (Å²) >= 11 is 0. The first-order chi connectivity index (χ1) is 9.99. The summed E-state index contributed by atoms with van der Waals surface area (Å²) in [5, 5.41) is 13.9. The Bertz CT molecular complexity index is 470. The summed E-state index contributed by atoms with van der Waals surface area (Å²) in [4.78, 5) is 33.5. The van der Waals surface area contributed by atoms with Gasteiger partial charge in [-0.1, -0.05) is 6.92 Å². The number of nitrogens with one attached hydrogen (secondary N) is 2. The minimum Gasteiger partial charge on any atom is -0.481 e. The fourth-order valence-corrected chi connectivity index (χ4v) is 1.69. The number of carboxylic acids is 1. The maximum absolute atomic E-state index is 11.5. The van der Waals surface area contributed by atoms with Gasteiger partial charge in [-0.2, -0.15) is 0 Å². The van der Waals surface area contributed by atoms with Crippen molar-refractivity contribution in [3.63, 3.8) is 0 Å². The number of carbonyl (C=O) groups excluding carboxylic acids is 2. The quantitative estimate of drug-likeness (QED) is 0.589. The highest BCUT2D eigenvalue weighted by molar-refractivity contribution is 5.91. The summed E-state index contributed by atoms with van der Waals surface area (Å²) in [5.41, 5.74) is 0. The van der Waals surface area contributed by atoms with Crippen LogP contribution in [-0.4, -0.2) is 36.0 Å².